The van der Waals surface area contributed by atoms with E-state index in [9.17, 15) is 0 Å². The van der Waals surface area contributed by atoms with Crippen LogP contribution in [0.2, 0.25) is 5.02 Å². The molecule has 1 aromatic heterocycles. The number of hydrogen-bond acceptors (Lipinski definition) is 1. The van der Waals surface area contributed by atoms with Gasteiger partial charge in [-0.3, -0.25) is 4.68 Å². The maximum atomic E-state index is 6.24. The van der Waals surface area contributed by atoms with Crippen LogP contribution in [0.4, 0.5) is 0 Å². The first kappa shape index (κ1) is 11.5. The fourth-order valence-corrected chi connectivity index (χ4v) is 2.47. The van der Waals surface area contributed by atoms with Crippen LogP contribution in [-0.4, -0.2) is 9.78 Å². The molecule has 0 aliphatic rings. The van der Waals surface area contributed by atoms with Crippen LogP contribution in [0.25, 0.3) is 10.9 Å². The molecule has 3 heteroatoms. The van der Waals surface area contributed by atoms with Gasteiger partial charge < -0.3 is 0 Å². The van der Waals surface area contributed by atoms with Gasteiger partial charge in [-0.25, -0.2) is 0 Å². The molecule has 86 valence electrons. The van der Waals surface area contributed by atoms with E-state index in [1.165, 1.54) is 5.56 Å². The zero-order chi connectivity index (χ0) is 12.1. The molecule has 0 unspecified atom stereocenters. The molecule has 16 heavy (non-hydrogen) atoms. The monoisotopic (exact) mass is 236 g/mol. The lowest BCUT2D eigenvalue weighted by Gasteiger charge is -2.20. The molecule has 0 amide bonds. The number of benzene rings is 1. The Balaban J connectivity index is 2.94. The van der Waals surface area contributed by atoms with Crippen molar-refractivity contribution in [2.75, 3.05) is 0 Å². The highest BCUT2D eigenvalue weighted by Gasteiger charge is 2.21. The summed E-state index contributed by atoms with van der Waals surface area (Å²) in [4.78, 5) is 0. The van der Waals surface area contributed by atoms with Gasteiger partial charge >= 0.3 is 0 Å². The van der Waals surface area contributed by atoms with E-state index in [2.05, 4.69) is 31.9 Å². The molecule has 0 saturated heterocycles. The van der Waals surface area contributed by atoms with Crippen molar-refractivity contribution >= 4 is 22.5 Å². The van der Waals surface area contributed by atoms with Gasteiger partial charge in [-0.2, -0.15) is 5.10 Å². The van der Waals surface area contributed by atoms with Crippen molar-refractivity contribution in [2.45, 2.75) is 33.1 Å². The molecule has 0 atom stereocenters. The molecule has 2 nitrogen and oxygen atoms in total. The van der Waals surface area contributed by atoms with E-state index in [-0.39, 0.29) is 5.41 Å². The van der Waals surface area contributed by atoms with Crippen LogP contribution in [0.3, 0.4) is 0 Å². The Labute approximate surface area is 101 Å². The number of nitrogens with zero attached hydrogens (tertiary/aromatic N) is 2. The summed E-state index contributed by atoms with van der Waals surface area (Å²) in [7, 11) is 1.97. The van der Waals surface area contributed by atoms with Crippen LogP contribution in [0.15, 0.2) is 12.1 Å². The zero-order valence-corrected chi connectivity index (χ0v) is 11.2. The lowest BCUT2D eigenvalue weighted by Crippen LogP contribution is -2.13. The van der Waals surface area contributed by atoms with E-state index >= 15 is 0 Å². The van der Waals surface area contributed by atoms with Crippen molar-refractivity contribution in [1.82, 2.24) is 9.78 Å². The Bertz CT molecular complexity index is 547. The minimum atomic E-state index is 0.100. The number of rotatable bonds is 0. The molecule has 0 spiro atoms. The summed E-state index contributed by atoms with van der Waals surface area (Å²) in [6.07, 6.45) is 0. The minimum Gasteiger partial charge on any atom is -0.267 e. The highest BCUT2D eigenvalue weighted by Crippen LogP contribution is 2.34. The number of halogens is 1. The summed E-state index contributed by atoms with van der Waals surface area (Å²) in [5, 5.41) is 6.32. The summed E-state index contributed by atoms with van der Waals surface area (Å²) in [6.45, 7) is 8.62. The van der Waals surface area contributed by atoms with Gasteiger partial charge in [0.15, 0.2) is 0 Å². The third-order valence-electron chi connectivity index (χ3n) is 2.92. The molecular formula is C13H17ClN2. The fourth-order valence-electron chi connectivity index (χ4n) is 2.18. The van der Waals surface area contributed by atoms with Crippen molar-refractivity contribution in [2.24, 2.45) is 7.05 Å². The predicted molar refractivity (Wildman–Crippen MR) is 69.2 cm³/mol. The Kier molecular flexibility index (Phi) is 2.50. The molecular weight excluding hydrogens is 220 g/mol. The molecule has 0 aliphatic carbocycles. The van der Waals surface area contributed by atoms with E-state index in [4.69, 9.17) is 11.6 Å². The van der Waals surface area contributed by atoms with Gasteiger partial charge in [0.1, 0.15) is 0 Å². The van der Waals surface area contributed by atoms with Crippen molar-refractivity contribution in [3.05, 3.63) is 28.4 Å². The first-order chi connectivity index (χ1) is 7.32. The highest BCUT2D eigenvalue weighted by molar-refractivity contribution is 6.35. The molecule has 0 N–H and O–H groups in total. The van der Waals surface area contributed by atoms with E-state index in [0.717, 1.165) is 21.6 Å². The van der Waals surface area contributed by atoms with Crippen molar-refractivity contribution in [3.63, 3.8) is 0 Å². The smallest absolute Gasteiger partial charge is 0.0734 e. The van der Waals surface area contributed by atoms with Crippen LogP contribution in [-0.2, 0) is 12.5 Å². The molecule has 0 fully saturated rings. The van der Waals surface area contributed by atoms with Crippen LogP contribution in [0, 0.1) is 6.92 Å². The summed E-state index contributed by atoms with van der Waals surface area (Å²) < 4.78 is 1.93. The number of aryl methyl sites for hydroxylation is 2. The summed E-state index contributed by atoms with van der Waals surface area (Å²) in [6, 6.07) is 4.07. The third kappa shape index (κ3) is 1.61. The average Bonchev–Trinajstić information content (AvgIpc) is 2.42. The second-order valence-electron chi connectivity index (χ2n) is 5.28. The molecule has 2 rings (SSSR count). The number of aromatic nitrogens is 2. The van der Waals surface area contributed by atoms with Crippen LogP contribution >= 0.6 is 11.6 Å². The topological polar surface area (TPSA) is 17.8 Å². The van der Waals surface area contributed by atoms with Crippen LogP contribution < -0.4 is 0 Å². The van der Waals surface area contributed by atoms with Gasteiger partial charge in [-0.05, 0) is 24.0 Å². The number of hydrogen-bond donors (Lipinski definition) is 0. The number of fused-ring (bicyclic) bond motifs is 1. The molecule has 1 heterocycles. The second-order valence-corrected chi connectivity index (χ2v) is 5.68. The first-order valence-electron chi connectivity index (χ1n) is 5.44. The van der Waals surface area contributed by atoms with Gasteiger partial charge in [0.2, 0.25) is 0 Å². The molecule has 0 saturated carbocycles. The molecule has 0 bridgehead atoms. The molecule has 0 radical (unpaired) electrons. The van der Waals surface area contributed by atoms with Crippen molar-refractivity contribution < 1.29 is 0 Å². The quantitative estimate of drug-likeness (QED) is 0.680. The van der Waals surface area contributed by atoms with E-state index in [1.54, 1.807) is 0 Å². The SMILES string of the molecule is Cc1nn(C)c2c(C(C)(C)C)ccc(Cl)c12. The molecule has 2 aromatic rings. The zero-order valence-electron chi connectivity index (χ0n) is 10.4. The summed E-state index contributed by atoms with van der Waals surface area (Å²) in [5.74, 6) is 0. The first-order valence-corrected chi connectivity index (χ1v) is 5.82. The molecule has 1 aromatic carbocycles. The van der Waals surface area contributed by atoms with Crippen molar-refractivity contribution in [1.29, 1.82) is 0 Å². The molecule has 0 aliphatic heterocycles. The maximum Gasteiger partial charge on any atom is 0.0734 e. The Morgan fingerprint density at radius 3 is 2.44 bits per heavy atom. The van der Waals surface area contributed by atoms with Crippen LogP contribution in [0.5, 0.6) is 0 Å². The second kappa shape index (κ2) is 3.49. The third-order valence-corrected chi connectivity index (χ3v) is 3.24. The largest absolute Gasteiger partial charge is 0.267 e. The van der Waals surface area contributed by atoms with Gasteiger partial charge in [0, 0.05) is 12.4 Å². The summed E-state index contributed by atoms with van der Waals surface area (Å²) >= 11 is 6.24. The predicted octanol–water partition coefficient (Wildman–Crippen LogP) is 3.83. The van der Waals surface area contributed by atoms with E-state index in [1.807, 2.05) is 24.7 Å². The van der Waals surface area contributed by atoms with Crippen LogP contribution in [0.1, 0.15) is 32.0 Å². The van der Waals surface area contributed by atoms with Gasteiger partial charge in [0.05, 0.1) is 16.2 Å². The Morgan fingerprint density at radius 2 is 1.88 bits per heavy atom. The van der Waals surface area contributed by atoms with E-state index in [0.29, 0.717) is 0 Å². The fraction of sp³-hybridized carbons (Fsp3) is 0.462. The van der Waals surface area contributed by atoms with Gasteiger partial charge in [-0.15, -0.1) is 0 Å². The minimum absolute atomic E-state index is 0.100. The van der Waals surface area contributed by atoms with Gasteiger partial charge in [0.25, 0.3) is 0 Å². The lowest BCUT2D eigenvalue weighted by molar-refractivity contribution is 0.590. The summed E-state index contributed by atoms with van der Waals surface area (Å²) in [5.41, 5.74) is 3.53. The lowest BCUT2D eigenvalue weighted by atomic mass is 9.85. The average molecular weight is 237 g/mol. The Hall–Kier alpha value is -1.02. The van der Waals surface area contributed by atoms with E-state index < -0.39 is 0 Å². The normalized spacial score (nSPS) is 12.4. The highest BCUT2D eigenvalue weighted by atomic mass is 35.5. The maximum absolute atomic E-state index is 6.24. The van der Waals surface area contributed by atoms with Crippen molar-refractivity contribution in [3.8, 4) is 0 Å². The standard InChI is InChI=1S/C13H17ClN2/c1-8-11-10(14)7-6-9(13(2,3)4)12(11)16(5)15-8/h6-7H,1-5H3. The Morgan fingerprint density at radius 1 is 1.25 bits per heavy atom. The van der Waals surface area contributed by atoms with Gasteiger partial charge in [-0.1, -0.05) is 38.4 Å².